The van der Waals surface area contributed by atoms with E-state index < -0.39 is 22.5 Å². The van der Waals surface area contributed by atoms with Gasteiger partial charge in [0.05, 0.1) is 23.3 Å². The number of rotatable bonds is 5. The number of hydrogen-bond acceptors (Lipinski definition) is 5. The molecule has 0 aliphatic carbocycles. The van der Waals surface area contributed by atoms with Crippen molar-refractivity contribution in [2.75, 3.05) is 4.72 Å². The molecule has 0 bridgehead atoms. The van der Waals surface area contributed by atoms with E-state index in [1.54, 1.807) is 25.6 Å². The molecule has 0 aliphatic heterocycles. The van der Waals surface area contributed by atoms with Gasteiger partial charge in [0.1, 0.15) is 11.4 Å². The Morgan fingerprint density at radius 3 is 2.62 bits per heavy atom. The van der Waals surface area contributed by atoms with Gasteiger partial charge in [0.15, 0.2) is 0 Å². The molecular formula is C11H15N5O4S. The summed E-state index contributed by atoms with van der Waals surface area (Å²) in [7, 11) is -2.13. The summed E-state index contributed by atoms with van der Waals surface area (Å²) in [6, 6.07) is 0. The molecule has 0 amide bonds. The zero-order chi connectivity index (χ0) is 15.8. The first-order chi connectivity index (χ1) is 9.70. The average molecular weight is 313 g/mol. The zero-order valence-electron chi connectivity index (χ0n) is 11.7. The Labute approximate surface area is 121 Å². The lowest BCUT2D eigenvalue weighted by Crippen LogP contribution is -2.14. The van der Waals surface area contributed by atoms with Gasteiger partial charge < -0.3 is 5.11 Å². The molecule has 10 heteroatoms. The lowest BCUT2D eigenvalue weighted by Gasteiger charge is -2.06. The monoisotopic (exact) mass is 313 g/mol. The fraction of sp³-hybridized carbons (Fsp3) is 0.364. The van der Waals surface area contributed by atoms with Gasteiger partial charge in [0, 0.05) is 13.2 Å². The Balaban J connectivity index is 2.30. The first-order valence-corrected chi connectivity index (χ1v) is 7.46. The van der Waals surface area contributed by atoms with Crippen LogP contribution in [-0.2, 0) is 28.4 Å². The highest BCUT2D eigenvalue weighted by Gasteiger charge is 2.21. The van der Waals surface area contributed by atoms with Crippen LogP contribution in [0.25, 0.3) is 0 Å². The van der Waals surface area contributed by atoms with Crippen LogP contribution in [0, 0.1) is 13.8 Å². The molecule has 0 unspecified atom stereocenters. The lowest BCUT2D eigenvalue weighted by atomic mass is 10.3. The van der Waals surface area contributed by atoms with Crippen LogP contribution in [0.2, 0.25) is 0 Å². The van der Waals surface area contributed by atoms with E-state index in [2.05, 4.69) is 14.9 Å². The predicted octanol–water partition coefficient (Wildman–Crippen LogP) is 0.119. The minimum Gasteiger partial charge on any atom is -0.480 e. The normalized spacial score (nSPS) is 11.6. The third-order valence-electron chi connectivity index (χ3n) is 2.96. The molecule has 0 saturated carbocycles. The van der Waals surface area contributed by atoms with Crippen LogP contribution in [0.15, 0.2) is 17.3 Å². The van der Waals surface area contributed by atoms with Crippen LogP contribution >= 0.6 is 0 Å². The van der Waals surface area contributed by atoms with Crippen molar-refractivity contribution < 1.29 is 18.3 Å². The first kappa shape index (κ1) is 15.0. The van der Waals surface area contributed by atoms with E-state index in [0.29, 0.717) is 17.1 Å². The highest BCUT2D eigenvalue weighted by atomic mass is 32.2. The van der Waals surface area contributed by atoms with Crippen LogP contribution in [0.3, 0.4) is 0 Å². The molecule has 0 saturated heterocycles. The molecule has 2 aromatic rings. The second-order valence-corrected chi connectivity index (χ2v) is 6.22. The molecule has 21 heavy (non-hydrogen) atoms. The Kier molecular flexibility index (Phi) is 3.73. The molecule has 0 fully saturated rings. The van der Waals surface area contributed by atoms with Crippen LogP contribution in [0.4, 0.5) is 5.69 Å². The fourth-order valence-electron chi connectivity index (χ4n) is 1.82. The Bertz CT molecular complexity index is 790. The number of carbonyl (C=O) groups is 1. The van der Waals surface area contributed by atoms with Crippen LogP contribution in [0.5, 0.6) is 0 Å². The number of aromatic nitrogens is 4. The van der Waals surface area contributed by atoms with Crippen molar-refractivity contribution in [2.45, 2.75) is 25.3 Å². The van der Waals surface area contributed by atoms with Gasteiger partial charge in [0.25, 0.3) is 10.0 Å². The van der Waals surface area contributed by atoms with Crippen molar-refractivity contribution >= 4 is 21.7 Å². The number of aryl methyl sites for hydroxylation is 2. The molecule has 9 nitrogen and oxygen atoms in total. The standard InChI is InChI=1S/C11H15N5O4S/c1-7-11(8(2)15(3)13-7)14-21(19,20)9-4-12-16(5-9)6-10(17)18/h4-5,14H,6H2,1-3H3,(H,17,18). The van der Waals surface area contributed by atoms with Crippen LogP contribution in [0.1, 0.15) is 11.4 Å². The first-order valence-electron chi connectivity index (χ1n) is 5.98. The second kappa shape index (κ2) is 5.20. The zero-order valence-corrected chi connectivity index (χ0v) is 12.5. The SMILES string of the molecule is Cc1nn(C)c(C)c1NS(=O)(=O)c1cnn(CC(=O)O)c1. The number of nitrogens with one attached hydrogen (secondary N) is 1. The summed E-state index contributed by atoms with van der Waals surface area (Å²) in [5, 5.41) is 16.5. The molecule has 0 spiro atoms. The summed E-state index contributed by atoms with van der Waals surface area (Å²) in [5.41, 5.74) is 1.63. The van der Waals surface area contributed by atoms with E-state index >= 15 is 0 Å². The third-order valence-corrected chi connectivity index (χ3v) is 4.27. The van der Waals surface area contributed by atoms with E-state index in [-0.39, 0.29) is 4.90 Å². The topological polar surface area (TPSA) is 119 Å². The van der Waals surface area contributed by atoms with E-state index in [1.165, 1.54) is 0 Å². The summed E-state index contributed by atoms with van der Waals surface area (Å²) >= 11 is 0. The van der Waals surface area contributed by atoms with Gasteiger partial charge in [-0.1, -0.05) is 0 Å². The van der Waals surface area contributed by atoms with Gasteiger partial charge in [-0.25, -0.2) is 8.42 Å². The molecule has 2 aromatic heterocycles. The van der Waals surface area contributed by atoms with Gasteiger partial charge in [-0.3, -0.25) is 18.9 Å². The molecular weight excluding hydrogens is 298 g/mol. The summed E-state index contributed by atoms with van der Waals surface area (Å²) < 4.78 is 29.6. The van der Waals surface area contributed by atoms with E-state index in [9.17, 15) is 13.2 Å². The molecule has 0 radical (unpaired) electrons. The summed E-state index contributed by atoms with van der Waals surface area (Å²) in [6.07, 6.45) is 2.27. The van der Waals surface area contributed by atoms with Gasteiger partial charge in [-0.05, 0) is 13.8 Å². The van der Waals surface area contributed by atoms with E-state index in [0.717, 1.165) is 17.1 Å². The number of sulfonamides is 1. The smallest absolute Gasteiger partial charge is 0.325 e. The largest absolute Gasteiger partial charge is 0.480 e. The predicted molar refractivity (Wildman–Crippen MR) is 73.4 cm³/mol. The Morgan fingerprint density at radius 2 is 2.10 bits per heavy atom. The van der Waals surface area contributed by atoms with Crippen molar-refractivity contribution in [3.8, 4) is 0 Å². The van der Waals surface area contributed by atoms with Crippen molar-refractivity contribution in [3.63, 3.8) is 0 Å². The maximum Gasteiger partial charge on any atom is 0.325 e. The molecule has 2 rings (SSSR count). The van der Waals surface area contributed by atoms with Gasteiger partial charge in [-0.2, -0.15) is 10.2 Å². The van der Waals surface area contributed by atoms with E-state index in [4.69, 9.17) is 5.11 Å². The van der Waals surface area contributed by atoms with Gasteiger partial charge >= 0.3 is 5.97 Å². The number of carboxylic acids is 1. The number of nitrogens with zero attached hydrogens (tertiary/aromatic N) is 4. The quantitative estimate of drug-likeness (QED) is 0.809. The molecule has 0 aliphatic rings. The molecule has 2 heterocycles. The minimum absolute atomic E-state index is 0.105. The molecule has 0 atom stereocenters. The number of aliphatic carboxylic acids is 1. The number of carboxylic acid groups (broad SMARTS) is 1. The highest BCUT2D eigenvalue weighted by molar-refractivity contribution is 7.92. The molecule has 114 valence electrons. The summed E-state index contributed by atoms with van der Waals surface area (Å²) in [6.45, 7) is 3.03. The lowest BCUT2D eigenvalue weighted by molar-refractivity contribution is -0.137. The number of anilines is 1. The second-order valence-electron chi connectivity index (χ2n) is 4.54. The maximum atomic E-state index is 12.3. The van der Waals surface area contributed by atoms with Crippen molar-refractivity contribution in [3.05, 3.63) is 23.8 Å². The van der Waals surface area contributed by atoms with E-state index in [1.807, 2.05) is 0 Å². The third kappa shape index (κ3) is 3.05. The van der Waals surface area contributed by atoms with Gasteiger partial charge in [-0.15, -0.1) is 0 Å². The maximum absolute atomic E-state index is 12.3. The van der Waals surface area contributed by atoms with Crippen LogP contribution < -0.4 is 4.72 Å². The van der Waals surface area contributed by atoms with Crippen molar-refractivity contribution in [1.82, 2.24) is 19.6 Å². The summed E-state index contributed by atoms with van der Waals surface area (Å²) in [4.78, 5) is 10.5. The Hall–Kier alpha value is -2.36. The van der Waals surface area contributed by atoms with Gasteiger partial charge in [0.2, 0.25) is 0 Å². The molecule has 0 aromatic carbocycles. The summed E-state index contributed by atoms with van der Waals surface area (Å²) in [5.74, 6) is -1.10. The van der Waals surface area contributed by atoms with Crippen molar-refractivity contribution in [2.24, 2.45) is 7.05 Å². The van der Waals surface area contributed by atoms with Crippen molar-refractivity contribution in [1.29, 1.82) is 0 Å². The highest BCUT2D eigenvalue weighted by Crippen LogP contribution is 2.22. The molecule has 2 N–H and O–H groups in total. The Morgan fingerprint density at radius 1 is 1.43 bits per heavy atom. The van der Waals surface area contributed by atoms with Crippen LogP contribution in [-0.4, -0.2) is 39.1 Å². The number of hydrogen-bond donors (Lipinski definition) is 2. The average Bonchev–Trinajstić information content (AvgIpc) is 2.90. The minimum atomic E-state index is -3.84. The fourth-order valence-corrected chi connectivity index (χ4v) is 2.95.